The molecule has 0 saturated heterocycles. The molecule has 0 saturated carbocycles. The van der Waals surface area contributed by atoms with Crippen LogP contribution in [0.2, 0.25) is 0 Å². The normalized spacial score (nSPS) is 12.6. The first-order valence-electron chi connectivity index (χ1n) is 6.91. The lowest BCUT2D eigenvalue weighted by atomic mass is 10.0. The van der Waals surface area contributed by atoms with E-state index in [4.69, 9.17) is 5.11 Å². The monoisotopic (exact) mass is 287 g/mol. The van der Waals surface area contributed by atoms with Gasteiger partial charge in [-0.1, -0.05) is 24.3 Å². The zero-order chi connectivity index (χ0) is 15.6. The summed E-state index contributed by atoms with van der Waals surface area (Å²) in [4.78, 5) is 12.9. The van der Waals surface area contributed by atoms with E-state index >= 15 is 0 Å². The Morgan fingerprint density at radius 3 is 2.48 bits per heavy atom. The van der Waals surface area contributed by atoms with Crippen LogP contribution in [0.3, 0.4) is 0 Å². The van der Waals surface area contributed by atoms with Gasteiger partial charge in [0.15, 0.2) is 0 Å². The van der Waals surface area contributed by atoms with Crippen molar-refractivity contribution in [3.05, 3.63) is 41.7 Å². The minimum absolute atomic E-state index is 0.110. The molecule has 0 aliphatic rings. The molecule has 0 radical (unpaired) electrons. The fourth-order valence-electron chi connectivity index (χ4n) is 2.26. The van der Waals surface area contributed by atoms with E-state index in [1.165, 1.54) is 10.2 Å². The molecule has 0 unspecified atom stereocenters. The van der Waals surface area contributed by atoms with Gasteiger partial charge in [-0.05, 0) is 39.1 Å². The molecule has 0 aliphatic carbocycles. The van der Waals surface area contributed by atoms with E-state index in [0.29, 0.717) is 6.04 Å². The number of carboxylic acids is 1. The number of hydrogen-bond acceptors (Lipinski definition) is 3. The fourth-order valence-corrected chi connectivity index (χ4v) is 2.26. The number of nitrogens with zero attached hydrogens (tertiary/aromatic N) is 3. The van der Waals surface area contributed by atoms with Crippen LogP contribution in [0.4, 0.5) is 0 Å². The Kier molecular flexibility index (Phi) is 4.43. The molecule has 0 amide bonds. The number of aliphatic carboxylic acids is 1. The largest absolute Gasteiger partial charge is 0.480 e. The SMILES string of the molecule is Cc1c(-c2ccc([C@H](C)N(C)C)cc2)cnn1CC(=O)O. The average molecular weight is 287 g/mol. The Balaban J connectivity index is 2.27. The topological polar surface area (TPSA) is 58.4 Å². The van der Waals surface area contributed by atoms with Crippen LogP contribution in [0.1, 0.15) is 24.2 Å². The molecular weight excluding hydrogens is 266 g/mol. The van der Waals surface area contributed by atoms with Crippen molar-refractivity contribution in [3.8, 4) is 11.1 Å². The standard InChI is InChI=1S/C16H21N3O2/c1-11(18(3)4)13-5-7-14(8-6-13)15-9-17-19(12(15)2)10-16(20)21/h5-9,11H,10H2,1-4H3,(H,20,21)/t11-/m0/s1. The third-order valence-corrected chi connectivity index (χ3v) is 3.87. The maximum atomic E-state index is 10.8. The van der Waals surface area contributed by atoms with Gasteiger partial charge in [0.1, 0.15) is 6.54 Å². The number of rotatable bonds is 5. The van der Waals surface area contributed by atoms with Gasteiger partial charge in [-0.25, -0.2) is 0 Å². The van der Waals surface area contributed by atoms with Crippen molar-refractivity contribution in [2.24, 2.45) is 0 Å². The minimum Gasteiger partial charge on any atom is -0.480 e. The minimum atomic E-state index is -0.886. The highest BCUT2D eigenvalue weighted by Gasteiger charge is 2.12. The highest BCUT2D eigenvalue weighted by atomic mass is 16.4. The zero-order valence-electron chi connectivity index (χ0n) is 12.9. The maximum absolute atomic E-state index is 10.8. The van der Waals surface area contributed by atoms with Gasteiger partial charge < -0.3 is 10.0 Å². The molecule has 5 heteroatoms. The molecule has 21 heavy (non-hydrogen) atoms. The Labute approximate surface area is 124 Å². The van der Waals surface area contributed by atoms with E-state index in [-0.39, 0.29) is 6.54 Å². The summed E-state index contributed by atoms with van der Waals surface area (Å²) in [6.07, 6.45) is 1.72. The number of carboxylic acid groups (broad SMARTS) is 1. The third kappa shape index (κ3) is 3.31. The van der Waals surface area contributed by atoms with Gasteiger partial charge in [-0.2, -0.15) is 5.10 Å². The molecule has 2 aromatic rings. The summed E-state index contributed by atoms with van der Waals surface area (Å²) in [5.74, 6) is -0.886. The highest BCUT2D eigenvalue weighted by Crippen LogP contribution is 2.25. The zero-order valence-corrected chi connectivity index (χ0v) is 12.9. The first kappa shape index (κ1) is 15.3. The number of aromatic nitrogens is 2. The number of carbonyl (C=O) groups is 1. The summed E-state index contributed by atoms with van der Waals surface area (Å²) in [6.45, 7) is 3.94. The predicted octanol–water partition coefficient (Wildman–Crippen LogP) is 2.57. The van der Waals surface area contributed by atoms with Gasteiger partial charge in [0, 0.05) is 17.3 Å². The van der Waals surface area contributed by atoms with Gasteiger partial charge >= 0.3 is 5.97 Å². The van der Waals surface area contributed by atoms with E-state index in [0.717, 1.165) is 16.8 Å². The molecule has 1 aromatic carbocycles. The molecule has 1 N–H and O–H groups in total. The molecule has 0 fully saturated rings. The summed E-state index contributed by atoms with van der Waals surface area (Å²) in [5, 5.41) is 13.0. The van der Waals surface area contributed by atoms with E-state index in [1.807, 2.05) is 6.92 Å². The van der Waals surface area contributed by atoms with Crippen LogP contribution < -0.4 is 0 Å². The van der Waals surface area contributed by atoms with Crippen molar-refractivity contribution in [2.45, 2.75) is 26.4 Å². The molecule has 5 nitrogen and oxygen atoms in total. The number of benzene rings is 1. The molecule has 2 rings (SSSR count). The summed E-state index contributed by atoms with van der Waals surface area (Å²) >= 11 is 0. The van der Waals surface area contributed by atoms with Crippen LogP contribution in [-0.2, 0) is 11.3 Å². The van der Waals surface area contributed by atoms with Crippen molar-refractivity contribution >= 4 is 5.97 Å². The molecular formula is C16H21N3O2. The van der Waals surface area contributed by atoms with Crippen molar-refractivity contribution in [2.75, 3.05) is 14.1 Å². The van der Waals surface area contributed by atoms with Gasteiger partial charge in [0.25, 0.3) is 0 Å². The second kappa shape index (κ2) is 6.10. The summed E-state index contributed by atoms with van der Waals surface area (Å²) < 4.78 is 1.51. The van der Waals surface area contributed by atoms with Crippen LogP contribution in [0, 0.1) is 6.92 Å². The Morgan fingerprint density at radius 2 is 1.95 bits per heavy atom. The quantitative estimate of drug-likeness (QED) is 0.918. The van der Waals surface area contributed by atoms with Crippen molar-refractivity contribution in [1.82, 2.24) is 14.7 Å². The fraction of sp³-hybridized carbons (Fsp3) is 0.375. The van der Waals surface area contributed by atoms with Crippen molar-refractivity contribution in [3.63, 3.8) is 0 Å². The van der Waals surface area contributed by atoms with E-state index in [1.54, 1.807) is 6.20 Å². The molecule has 1 heterocycles. The van der Waals surface area contributed by atoms with Gasteiger partial charge in [-0.15, -0.1) is 0 Å². The first-order valence-corrected chi connectivity index (χ1v) is 6.91. The van der Waals surface area contributed by atoms with Gasteiger partial charge in [0.05, 0.1) is 6.20 Å². The van der Waals surface area contributed by atoms with Crippen LogP contribution in [0.5, 0.6) is 0 Å². The molecule has 112 valence electrons. The summed E-state index contributed by atoms with van der Waals surface area (Å²) in [7, 11) is 4.11. The van der Waals surface area contributed by atoms with Crippen LogP contribution in [0.15, 0.2) is 30.5 Å². The number of hydrogen-bond donors (Lipinski definition) is 1. The Morgan fingerprint density at radius 1 is 1.33 bits per heavy atom. The molecule has 0 aliphatic heterocycles. The van der Waals surface area contributed by atoms with Crippen molar-refractivity contribution in [1.29, 1.82) is 0 Å². The van der Waals surface area contributed by atoms with E-state index in [9.17, 15) is 4.79 Å². The van der Waals surface area contributed by atoms with Gasteiger partial charge in [0.2, 0.25) is 0 Å². The molecule has 0 spiro atoms. The highest BCUT2D eigenvalue weighted by molar-refractivity contribution is 5.69. The lowest BCUT2D eigenvalue weighted by Crippen LogP contribution is -2.16. The lowest BCUT2D eigenvalue weighted by Gasteiger charge is -2.20. The summed E-state index contributed by atoms with van der Waals surface area (Å²) in [5.41, 5.74) is 4.14. The van der Waals surface area contributed by atoms with E-state index < -0.39 is 5.97 Å². The van der Waals surface area contributed by atoms with Crippen LogP contribution >= 0.6 is 0 Å². The Hall–Kier alpha value is -2.14. The molecule has 0 bridgehead atoms. The van der Waals surface area contributed by atoms with Gasteiger partial charge in [-0.3, -0.25) is 9.48 Å². The third-order valence-electron chi connectivity index (χ3n) is 3.87. The average Bonchev–Trinajstić information content (AvgIpc) is 2.79. The maximum Gasteiger partial charge on any atom is 0.325 e. The van der Waals surface area contributed by atoms with Crippen LogP contribution in [0.25, 0.3) is 11.1 Å². The second-order valence-electron chi connectivity index (χ2n) is 5.46. The Bertz CT molecular complexity index is 629. The smallest absolute Gasteiger partial charge is 0.325 e. The summed E-state index contributed by atoms with van der Waals surface area (Å²) in [6, 6.07) is 8.69. The first-order chi connectivity index (χ1) is 9.90. The lowest BCUT2D eigenvalue weighted by molar-refractivity contribution is -0.137. The van der Waals surface area contributed by atoms with Crippen LogP contribution in [-0.4, -0.2) is 39.9 Å². The van der Waals surface area contributed by atoms with Crippen molar-refractivity contribution < 1.29 is 9.90 Å². The van der Waals surface area contributed by atoms with E-state index in [2.05, 4.69) is 55.3 Å². The second-order valence-corrected chi connectivity index (χ2v) is 5.46. The molecule has 1 aromatic heterocycles. The predicted molar refractivity (Wildman–Crippen MR) is 82.1 cm³/mol. The molecule has 1 atom stereocenters.